The van der Waals surface area contributed by atoms with E-state index in [1.54, 1.807) is 42.5 Å². The monoisotopic (exact) mass is 538 g/mol. The number of alkyl halides is 3. The molecule has 1 fully saturated rings. The summed E-state index contributed by atoms with van der Waals surface area (Å²) in [4.78, 5) is 26.3. The van der Waals surface area contributed by atoms with E-state index >= 15 is 0 Å². The van der Waals surface area contributed by atoms with Crippen molar-refractivity contribution < 1.29 is 32.6 Å². The summed E-state index contributed by atoms with van der Waals surface area (Å²) in [5, 5.41) is 18.9. The fourth-order valence-electron chi connectivity index (χ4n) is 4.62. The van der Waals surface area contributed by atoms with Gasteiger partial charge >= 0.3 is 12.1 Å². The normalized spacial score (nSPS) is 14.9. The molecule has 39 heavy (non-hydrogen) atoms. The molecule has 1 aliphatic heterocycles. The van der Waals surface area contributed by atoms with E-state index in [1.165, 1.54) is 12.1 Å². The van der Waals surface area contributed by atoms with Gasteiger partial charge < -0.3 is 20.1 Å². The Balaban J connectivity index is 1.35. The Bertz CT molecular complexity index is 1540. The number of carbonyl (C=O) groups excluding carboxylic acids is 1. The van der Waals surface area contributed by atoms with E-state index in [2.05, 4.69) is 20.4 Å². The van der Waals surface area contributed by atoms with E-state index in [0.29, 0.717) is 35.0 Å². The van der Waals surface area contributed by atoms with Crippen LogP contribution >= 0.6 is 0 Å². The van der Waals surface area contributed by atoms with Crippen molar-refractivity contribution in [2.45, 2.75) is 25.1 Å². The van der Waals surface area contributed by atoms with Gasteiger partial charge in [-0.3, -0.25) is 9.89 Å². The lowest BCUT2D eigenvalue weighted by Crippen LogP contribution is -2.36. The van der Waals surface area contributed by atoms with Gasteiger partial charge in [-0.25, -0.2) is 4.79 Å². The van der Waals surface area contributed by atoms with E-state index in [4.69, 9.17) is 4.74 Å². The largest absolute Gasteiger partial charge is 0.490 e. The van der Waals surface area contributed by atoms with E-state index in [-0.39, 0.29) is 23.1 Å². The second-order valence-corrected chi connectivity index (χ2v) is 9.50. The number of aromatic nitrogens is 2. The molecule has 3 aromatic carbocycles. The molecule has 1 amide bonds. The lowest BCUT2D eigenvalue weighted by atomic mass is 10.0. The average Bonchev–Trinajstić information content (AvgIpc) is 3.33. The van der Waals surface area contributed by atoms with Gasteiger partial charge in [0.2, 0.25) is 0 Å². The van der Waals surface area contributed by atoms with Crippen LogP contribution < -0.4 is 10.1 Å². The van der Waals surface area contributed by atoms with Crippen LogP contribution in [0.2, 0.25) is 0 Å². The maximum Gasteiger partial charge on any atom is 0.419 e. The third-order valence-electron chi connectivity index (χ3n) is 6.73. The molecule has 1 aromatic heterocycles. The van der Waals surface area contributed by atoms with Crippen LogP contribution in [0.1, 0.15) is 39.3 Å². The van der Waals surface area contributed by atoms with Gasteiger partial charge in [-0.2, -0.15) is 18.3 Å². The standard InChI is InChI=1S/C28H25F3N4O4/c1-35-11-9-20(10-12-35)39-24-8-6-18(14-22(24)28(29,30)31)26(36)32-19-4-2-3-16(13-19)17-5-7-21-23(15-17)33-34-25(21)27(37)38/h2-8,13-15,20H,9-12H2,1H3,(H,32,36)(H,33,34)(H,37,38). The van der Waals surface area contributed by atoms with Crippen LogP contribution in [0.15, 0.2) is 60.7 Å². The summed E-state index contributed by atoms with van der Waals surface area (Å²) in [5.41, 5.74) is 1.13. The van der Waals surface area contributed by atoms with Gasteiger partial charge in [-0.05, 0) is 73.5 Å². The number of piperidine rings is 1. The number of hydrogen-bond acceptors (Lipinski definition) is 5. The second kappa shape index (κ2) is 10.4. The Kier molecular flexibility index (Phi) is 7.00. The lowest BCUT2D eigenvalue weighted by Gasteiger charge is -2.30. The van der Waals surface area contributed by atoms with Gasteiger partial charge in [0.05, 0.1) is 11.1 Å². The van der Waals surface area contributed by atoms with Crippen molar-refractivity contribution in [3.63, 3.8) is 0 Å². The summed E-state index contributed by atoms with van der Waals surface area (Å²) >= 11 is 0. The predicted octanol–water partition coefficient (Wildman–Crippen LogP) is 5.67. The number of H-pyrrole nitrogens is 1. The molecule has 0 unspecified atom stereocenters. The molecule has 2 heterocycles. The number of carboxylic acids is 1. The van der Waals surface area contributed by atoms with E-state index < -0.39 is 23.6 Å². The number of aromatic amines is 1. The summed E-state index contributed by atoms with van der Waals surface area (Å²) in [6.07, 6.45) is -3.76. The number of carbonyl (C=O) groups is 2. The number of hydrogen-bond donors (Lipinski definition) is 3. The first-order chi connectivity index (χ1) is 18.6. The quantitative estimate of drug-likeness (QED) is 0.292. The number of fused-ring (bicyclic) bond motifs is 1. The van der Waals surface area contributed by atoms with Crippen molar-refractivity contribution in [2.24, 2.45) is 0 Å². The lowest BCUT2D eigenvalue weighted by molar-refractivity contribution is -0.139. The SMILES string of the molecule is CN1CCC(Oc2ccc(C(=O)Nc3cccc(-c4ccc5c(C(=O)O)n[nH]c5c4)c3)cc2C(F)(F)F)CC1. The highest BCUT2D eigenvalue weighted by Gasteiger charge is 2.36. The minimum absolute atomic E-state index is 0.0847. The molecule has 5 rings (SSSR count). The molecule has 1 saturated heterocycles. The smallest absolute Gasteiger partial charge is 0.419 e. The molecule has 1 aliphatic rings. The number of anilines is 1. The van der Waals surface area contributed by atoms with Crippen LogP contribution in [0.5, 0.6) is 5.75 Å². The predicted molar refractivity (Wildman–Crippen MR) is 139 cm³/mol. The molecular formula is C28H25F3N4O4. The number of halogens is 3. The minimum atomic E-state index is -4.69. The molecule has 3 N–H and O–H groups in total. The summed E-state index contributed by atoms with van der Waals surface area (Å²) in [6.45, 7) is 1.48. The Morgan fingerprint density at radius 3 is 2.51 bits per heavy atom. The third-order valence-corrected chi connectivity index (χ3v) is 6.73. The maximum absolute atomic E-state index is 13.9. The fourth-order valence-corrected chi connectivity index (χ4v) is 4.62. The number of carboxylic acid groups (broad SMARTS) is 1. The summed E-state index contributed by atoms with van der Waals surface area (Å²) < 4.78 is 47.3. The van der Waals surface area contributed by atoms with Crippen LogP contribution in [0.4, 0.5) is 18.9 Å². The molecule has 0 aliphatic carbocycles. The number of benzene rings is 3. The number of nitrogens with zero attached hydrogens (tertiary/aromatic N) is 2. The van der Waals surface area contributed by atoms with Gasteiger partial charge in [-0.15, -0.1) is 0 Å². The van der Waals surface area contributed by atoms with Gasteiger partial charge in [0.1, 0.15) is 11.9 Å². The van der Waals surface area contributed by atoms with Crippen LogP contribution in [0, 0.1) is 0 Å². The maximum atomic E-state index is 13.9. The van der Waals surface area contributed by atoms with Crippen LogP contribution in [-0.2, 0) is 6.18 Å². The first-order valence-electron chi connectivity index (χ1n) is 12.3. The Hall–Kier alpha value is -4.38. The first kappa shape index (κ1) is 26.2. The number of rotatable bonds is 6. The number of aromatic carboxylic acids is 1. The molecule has 4 aromatic rings. The number of nitrogens with one attached hydrogen (secondary N) is 2. The molecule has 202 valence electrons. The van der Waals surface area contributed by atoms with E-state index in [1.807, 2.05) is 7.05 Å². The van der Waals surface area contributed by atoms with Gasteiger partial charge in [0, 0.05) is 29.7 Å². The van der Waals surface area contributed by atoms with Crippen molar-refractivity contribution in [2.75, 3.05) is 25.5 Å². The molecule has 8 nitrogen and oxygen atoms in total. The van der Waals surface area contributed by atoms with Crippen molar-refractivity contribution in [1.29, 1.82) is 0 Å². The molecule has 11 heteroatoms. The summed E-state index contributed by atoms with van der Waals surface area (Å²) in [7, 11) is 1.95. The minimum Gasteiger partial charge on any atom is -0.490 e. The topological polar surface area (TPSA) is 108 Å². The highest BCUT2D eigenvalue weighted by molar-refractivity contribution is 6.05. The van der Waals surface area contributed by atoms with Crippen molar-refractivity contribution in [3.8, 4) is 16.9 Å². The van der Waals surface area contributed by atoms with Gasteiger partial charge in [0.25, 0.3) is 5.91 Å². The highest BCUT2D eigenvalue weighted by atomic mass is 19.4. The van der Waals surface area contributed by atoms with E-state index in [9.17, 15) is 27.9 Å². The second-order valence-electron chi connectivity index (χ2n) is 9.50. The Morgan fingerprint density at radius 2 is 1.79 bits per heavy atom. The molecule has 0 radical (unpaired) electrons. The van der Waals surface area contributed by atoms with Crippen molar-refractivity contribution >= 4 is 28.5 Å². The molecule has 0 atom stereocenters. The zero-order valence-electron chi connectivity index (χ0n) is 20.9. The average molecular weight is 539 g/mol. The fraction of sp³-hybridized carbons (Fsp3) is 0.250. The zero-order valence-corrected chi connectivity index (χ0v) is 20.9. The van der Waals surface area contributed by atoms with Crippen LogP contribution in [0.25, 0.3) is 22.0 Å². The Labute approximate surface area is 221 Å². The number of amides is 1. The zero-order chi connectivity index (χ0) is 27.7. The molecule has 0 spiro atoms. The summed E-state index contributed by atoms with van der Waals surface area (Å²) in [5.74, 6) is -2.12. The van der Waals surface area contributed by atoms with Crippen molar-refractivity contribution in [1.82, 2.24) is 15.1 Å². The third kappa shape index (κ3) is 5.73. The van der Waals surface area contributed by atoms with Gasteiger partial charge in [-0.1, -0.05) is 18.2 Å². The molecule has 0 bridgehead atoms. The molecular weight excluding hydrogens is 513 g/mol. The van der Waals surface area contributed by atoms with Gasteiger partial charge in [0.15, 0.2) is 5.69 Å². The van der Waals surface area contributed by atoms with Crippen LogP contribution in [0.3, 0.4) is 0 Å². The van der Waals surface area contributed by atoms with E-state index in [0.717, 1.165) is 24.7 Å². The number of ether oxygens (including phenoxy) is 1. The Morgan fingerprint density at radius 1 is 1.05 bits per heavy atom. The highest BCUT2D eigenvalue weighted by Crippen LogP contribution is 2.38. The van der Waals surface area contributed by atoms with Crippen molar-refractivity contribution in [3.05, 3.63) is 77.5 Å². The number of likely N-dealkylation sites (tertiary alicyclic amines) is 1. The van der Waals surface area contributed by atoms with Crippen LogP contribution in [-0.4, -0.2) is 58.3 Å². The summed E-state index contributed by atoms with van der Waals surface area (Å²) in [6, 6.07) is 15.2. The molecule has 0 saturated carbocycles. The first-order valence-corrected chi connectivity index (χ1v) is 12.3.